The monoisotopic (exact) mass is 358 g/mol. The lowest BCUT2D eigenvalue weighted by atomic mass is 10.1. The van der Waals surface area contributed by atoms with Gasteiger partial charge >= 0.3 is 11.7 Å². The largest absolute Gasteiger partial charge is 0.465 e. The van der Waals surface area contributed by atoms with Crippen molar-refractivity contribution in [2.24, 2.45) is 0 Å². The zero-order valence-corrected chi connectivity index (χ0v) is 14.2. The Balaban J connectivity index is 2.07. The molecule has 0 saturated carbocycles. The molecule has 9 heteroatoms. The maximum Gasteiger partial charge on any atom is 0.350 e. The average molecular weight is 358 g/mol. The SMILES string of the molecule is CCCCCOC(=O)Cc1nc(=O)n(C2O[C@H](C)[C@@H](O)[C@H]2O)cc1F. The highest BCUT2D eigenvalue weighted by Gasteiger charge is 2.42. The average Bonchev–Trinajstić information content (AvgIpc) is 2.82. The molecule has 1 unspecified atom stereocenters. The minimum Gasteiger partial charge on any atom is -0.465 e. The summed E-state index contributed by atoms with van der Waals surface area (Å²) < 4.78 is 25.2. The first kappa shape index (κ1) is 19.5. The Bertz CT molecular complexity index is 665. The third kappa shape index (κ3) is 4.62. The number of aromatic nitrogens is 2. The van der Waals surface area contributed by atoms with Gasteiger partial charge < -0.3 is 19.7 Å². The highest BCUT2D eigenvalue weighted by atomic mass is 19.1. The zero-order valence-electron chi connectivity index (χ0n) is 14.2. The minimum atomic E-state index is -1.39. The summed E-state index contributed by atoms with van der Waals surface area (Å²) in [6, 6.07) is 0. The molecule has 8 nitrogen and oxygen atoms in total. The number of unbranched alkanes of at least 4 members (excludes halogenated alkanes) is 2. The van der Waals surface area contributed by atoms with Crippen LogP contribution in [0.2, 0.25) is 0 Å². The molecular formula is C16H23FN2O6. The lowest BCUT2D eigenvalue weighted by Crippen LogP contribution is -2.36. The van der Waals surface area contributed by atoms with Crippen molar-refractivity contribution < 1.29 is 28.9 Å². The van der Waals surface area contributed by atoms with Crippen molar-refractivity contribution in [3.63, 3.8) is 0 Å². The van der Waals surface area contributed by atoms with Crippen LogP contribution in [-0.4, -0.2) is 50.7 Å². The van der Waals surface area contributed by atoms with Crippen LogP contribution in [0.4, 0.5) is 4.39 Å². The summed E-state index contributed by atoms with van der Waals surface area (Å²) in [4.78, 5) is 27.3. The molecule has 2 rings (SSSR count). The van der Waals surface area contributed by atoms with Gasteiger partial charge in [0.05, 0.1) is 24.8 Å². The summed E-state index contributed by atoms with van der Waals surface area (Å²) in [6.45, 7) is 3.77. The van der Waals surface area contributed by atoms with Gasteiger partial charge in [0.1, 0.15) is 12.2 Å². The minimum absolute atomic E-state index is 0.239. The van der Waals surface area contributed by atoms with E-state index in [0.29, 0.717) is 0 Å². The number of hydrogen-bond donors (Lipinski definition) is 2. The van der Waals surface area contributed by atoms with Gasteiger partial charge in [-0.25, -0.2) is 9.18 Å². The Morgan fingerprint density at radius 3 is 2.72 bits per heavy atom. The van der Waals surface area contributed by atoms with Crippen LogP contribution in [-0.2, 0) is 20.7 Å². The highest BCUT2D eigenvalue weighted by molar-refractivity contribution is 5.71. The summed E-state index contributed by atoms with van der Waals surface area (Å²) in [6.07, 6.45) is -1.56. The van der Waals surface area contributed by atoms with Crippen molar-refractivity contribution in [1.29, 1.82) is 0 Å². The van der Waals surface area contributed by atoms with E-state index in [1.165, 1.54) is 6.92 Å². The normalized spacial score (nSPS) is 26.0. The Morgan fingerprint density at radius 2 is 2.12 bits per heavy atom. The number of aliphatic hydroxyl groups excluding tert-OH is 2. The van der Waals surface area contributed by atoms with Crippen molar-refractivity contribution >= 4 is 5.97 Å². The van der Waals surface area contributed by atoms with E-state index in [1.54, 1.807) is 0 Å². The van der Waals surface area contributed by atoms with E-state index < -0.39 is 48.4 Å². The molecular weight excluding hydrogens is 335 g/mol. The van der Waals surface area contributed by atoms with Gasteiger partial charge in [-0.3, -0.25) is 9.36 Å². The van der Waals surface area contributed by atoms with Crippen LogP contribution in [0.3, 0.4) is 0 Å². The van der Waals surface area contributed by atoms with Gasteiger partial charge in [-0.1, -0.05) is 19.8 Å². The van der Waals surface area contributed by atoms with E-state index in [9.17, 15) is 24.2 Å². The molecule has 1 saturated heterocycles. The van der Waals surface area contributed by atoms with Crippen LogP contribution in [0.15, 0.2) is 11.0 Å². The van der Waals surface area contributed by atoms with Crippen molar-refractivity contribution in [3.05, 3.63) is 28.2 Å². The Hall–Kier alpha value is -1.84. The molecule has 4 atom stereocenters. The quantitative estimate of drug-likeness (QED) is 0.533. The molecule has 2 heterocycles. The topological polar surface area (TPSA) is 111 Å². The molecule has 0 spiro atoms. The molecule has 140 valence electrons. The molecule has 25 heavy (non-hydrogen) atoms. The van der Waals surface area contributed by atoms with Gasteiger partial charge in [-0.2, -0.15) is 4.98 Å². The third-order valence-corrected chi connectivity index (χ3v) is 4.05. The van der Waals surface area contributed by atoms with Gasteiger partial charge in [0.25, 0.3) is 0 Å². The fraction of sp³-hybridized carbons (Fsp3) is 0.688. The molecule has 2 N–H and O–H groups in total. The summed E-state index contributed by atoms with van der Waals surface area (Å²) in [5.74, 6) is -1.56. The fourth-order valence-corrected chi connectivity index (χ4v) is 2.57. The van der Waals surface area contributed by atoms with E-state index in [1.807, 2.05) is 6.92 Å². The number of aliphatic hydroxyl groups is 2. The molecule has 1 aliphatic rings. The highest BCUT2D eigenvalue weighted by Crippen LogP contribution is 2.28. The number of esters is 1. The number of hydrogen-bond acceptors (Lipinski definition) is 7. The van der Waals surface area contributed by atoms with E-state index in [4.69, 9.17) is 9.47 Å². The molecule has 0 radical (unpaired) electrons. The van der Waals surface area contributed by atoms with E-state index in [2.05, 4.69) is 4.98 Å². The lowest BCUT2D eigenvalue weighted by molar-refractivity contribution is -0.143. The first-order valence-corrected chi connectivity index (χ1v) is 8.30. The lowest BCUT2D eigenvalue weighted by Gasteiger charge is -2.17. The van der Waals surface area contributed by atoms with Crippen LogP contribution in [0, 0.1) is 5.82 Å². The molecule has 1 aromatic rings. The van der Waals surface area contributed by atoms with Gasteiger partial charge in [-0.05, 0) is 13.3 Å². The second kappa shape index (κ2) is 8.50. The van der Waals surface area contributed by atoms with Crippen LogP contribution >= 0.6 is 0 Å². The predicted molar refractivity (Wildman–Crippen MR) is 84.2 cm³/mol. The van der Waals surface area contributed by atoms with Crippen LogP contribution in [0.25, 0.3) is 0 Å². The number of rotatable bonds is 7. The van der Waals surface area contributed by atoms with Crippen LogP contribution < -0.4 is 5.69 Å². The van der Waals surface area contributed by atoms with E-state index in [-0.39, 0.29) is 12.3 Å². The summed E-state index contributed by atoms with van der Waals surface area (Å²) >= 11 is 0. The van der Waals surface area contributed by atoms with E-state index >= 15 is 0 Å². The Kier molecular flexibility index (Phi) is 6.63. The smallest absolute Gasteiger partial charge is 0.350 e. The third-order valence-electron chi connectivity index (χ3n) is 4.05. The Morgan fingerprint density at radius 1 is 1.40 bits per heavy atom. The van der Waals surface area contributed by atoms with Gasteiger partial charge in [0.15, 0.2) is 12.0 Å². The van der Waals surface area contributed by atoms with Crippen LogP contribution in [0.5, 0.6) is 0 Å². The van der Waals surface area contributed by atoms with E-state index in [0.717, 1.165) is 30.0 Å². The summed E-state index contributed by atoms with van der Waals surface area (Å²) in [5, 5.41) is 19.6. The zero-order chi connectivity index (χ0) is 18.6. The van der Waals surface area contributed by atoms with Crippen molar-refractivity contribution in [1.82, 2.24) is 9.55 Å². The number of ether oxygens (including phenoxy) is 2. The standard InChI is InChI=1S/C16H23FN2O6/c1-3-4-5-6-24-12(20)7-11-10(17)8-19(16(23)18-11)15-14(22)13(21)9(2)25-15/h8-9,13-15,21-22H,3-7H2,1-2H3/t9-,13-,14-,15?/m1/s1. The van der Waals surface area contributed by atoms with Crippen molar-refractivity contribution in [2.45, 2.75) is 64.1 Å². The second-order valence-electron chi connectivity index (χ2n) is 6.04. The molecule has 1 aliphatic heterocycles. The van der Waals surface area contributed by atoms with Gasteiger partial charge in [0, 0.05) is 6.20 Å². The number of carbonyl (C=O) groups excluding carboxylic acids is 1. The van der Waals surface area contributed by atoms with Gasteiger partial charge in [-0.15, -0.1) is 0 Å². The molecule has 0 aliphatic carbocycles. The summed E-state index contributed by atoms with van der Waals surface area (Å²) in [5.41, 5.74) is -1.22. The maximum atomic E-state index is 14.2. The molecule has 0 amide bonds. The van der Waals surface area contributed by atoms with Crippen molar-refractivity contribution in [2.75, 3.05) is 6.61 Å². The molecule has 0 bridgehead atoms. The number of nitrogens with zero attached hydrogens (tertiary/aromatic N) is 2. The second-order valence-corrected chi connectivity index (χ2v) is 6.04. The first-order valence-electron chi connectivity index (χ1n) is 8.30. The van der Waals surface area contributed by atoms with Crippen LogP contribution in [0.1, 0.15) is 45.0 Å². The molecule has 1 aromatic heterocycles. The summed E-state index contributed by atoms with van der Waals surface area (Å²) in [7, 11) is 0. The van der Waals surface area contributed by atoms with Gasteiger partial charge in [0.2, 0.25) is 0 Å². The number of carbonyl (C=O) groups is 1. The maximum absolute atomic E-state index is 14.2. The molecule has 0 aromatic carbocycles. The fourth-order valence-electron chi connectivity index (χ4n) is 2.57. The Labute approximate surface area is 144 Å². The van der Waals surface area contributed by atoms with Crippen molar-refractivity contribution in [3.8, 4) is 0 Å². The predicted octanol–water partition coefficient (Wildman–Crippen LogP) is 0.297. The first-order chi connectivity index (χ1) is 11.8. The number of halogens is 1. The molecule has 1 fully saturated rings.